The Morgan fingerprint density at radius 3 is 2.75 bits per heavy atom. The molecule has 0 aliphatic rings. The van der Waals surface area contributed by atoms with Crippen LogP contribution in [0.25, 0.3) is 0 Å². The molecule has 1 atom stereocenters. The third kappa shape index (κ3) is 2.79. The quantitative estimate of drug-likeness (QED) is 0.864. The van der Waals surface area contributed by atoms with Crippen LogP contribution >= 0.6 is 15.9 Å². The maximum atomic E-state index is 5.68. The standard InChI is InChI=1S/C12H11BrN2O/c1-9(11-4-2-3-6-14-11)16-12-8-10(13)5-7-15-12/h2-9H,1H3. The average molecular weight is 279 g/mol. The lowest BCUT2D eigenvalue weighted by Crippen LogP contribution is -2.05. The number of hydrogen-bond acceptors (Lipinski definition) is 3. The first-order valence-electron chi connectivity index (χ1n) is 4.95. The molecule has 2 rings (SSSR count). The van der Waals surface area contributed by atoms with E-state index in [1.54, 1.807) is 12.4 Å². The van der Waals surface area contributed by atoms with E-state index in [0.717, 1.165) is 10.2 Å². The first-order valence-corrected chi connectivity index (χ1v) is 5.74. The molecule has 0 saturated heterocycles. The van der Waals surface area contributed by atoms with Crippen LogP contribution in [-0.4, -0.2) is 9.97 Å². The molecule has 3 nitrogen and oxygen atoms in total. The van der Waals surface area contributed by atoms with Gasteiger partial charge >= 0.3 is 0 Å². The zero-order valence-corrected chi connectivity index (χ0v) is 10.4. The first kappa shape index (κ1) is 11.1. The topological polar surface area (TPSA) is 35.0 Å². The van der Waals surface area contributed by atoms with Crippen LogP contribution in [0.1, 0.15) is 18.7 Å². The predicted octanol–water partition coefficient (Wildman–Crippen LogP) is 3.38. The fraction of sp³-hybridized carbons (Fsp3) is 0.167. The van der Waals surface area contributed by atoms with E-state index in [2.05, 4.69) is 25.9 Å². The van der Waals surface area contributed by atoms with Gasteiger partial charge in [0.2, 0.25) is 5.88 Å². The van der Waals surface area contributed by atoms with Crippen molar-refractivity contribution in [3.63, 3.8) is 0 Å². The van der Waals surface area contributed by atoms with Gasteiger partial charge < -0.3 is 4.74 Å². The zero-order chi connectivity index (χ0) is 11.4. The molecule has 4 heteroatoms. The molecule has 2 aromatic rings. The molecule has 82 valence electrons. The van der Waals surface area contributed by atoms with E-state index in [-0.39, 0.29) is 6.10 Å². The second-order valence-electron chi connectivity index (χ2n) is 3.33. The molecule has 0 fully saturated rings. The fourth-order valence-electron chi connectivity index (χ4n) is 1.31. The number of pyridine rings is 2. The SMILES string of the molecule is CC(Oc1cc(Br)ccn1)c1ccccn1. The van der Waals surface area contributed by atoms with E-state index in [4.69, 9.17) is 4.74 Å². The molecule has 2 heterocycles. The summed E-state index contributed by atoms with van der Waals surface area (Å²) < 4.78 is 6.63. The third-order valence-corrected chi connectivity index (χ3v) is 2.59. The Labute approximate surface area is 103 Å². The Kier molecular flexibility index (Phi) is 3.51. The van der Waals surface area contributed by atoms with Gasteiger partial charge in [-0.05, 0) is 25.1 Å². The lowest BCUT2D eigenvalue weighted by molar-refractivity contribution is 0.212. The molecule has 1 unspecified atom stereocenters. The van der Waals surface area contributed by atoms with E-state index < -0.39 is 0 Å². The Morgan fingerprint density at radius 1 is 1.19 bits per heavy atom. The molecule has 0 amide bonds. The maximum absolute atomic E-state index is 5.68. The van der Waals surface area contributed by atoms with Crippen molar-refractivity contribution >= 4 is 15.9 Å². The monoisotopic (exact) mass is 278 g/mol. The van der Waals surface area contributed by atoms with Gasteiger partial charge in [-0.1, -0.05) is 22.0 Å². The minimum Gasteiger partial charge on any atom is -0.468 e. The van der Waals surface area contributed by atoms with Gasteiger partial charge in [-0.25, -0.2) is 4.98 Å². The molecule has 2 aromatic heterocycles. The van der Waals surface area contributed by atoms with E-state index in [1.807, 2.05) is 37.3 Å². The smallest absolute Gasteiger partial charge is 0.214 e. The highest BCUT2D eigenvalue weighted by atomic mass is 79.9. The summed E-state index contributed by atoms with van der Waals surface area (Å²) >= 11 is 3.37. The van der Waals surface area contributed by atoms with Gasteiger partial charge in [0.1, 0.15) is 6.10 Å². The van der Waals surface area contributed by atoms with Crippen LogP contribution in [0, 0.1) is 0 Å². The number of rotatable bonds is 3. The number of halogens is 1. The molecule has 0 saturated carbocycles. The number of nitrogens with zero attached hydrogens (tertiary/aromatic N) is 2. The maximum Gasteiger partial charge on any atom is 0.214 e. The molecule has 0 N–H and O–H groups in total. The normalized spacial score (nSPS) is 12.1. The largest absolute Gasteiger partial charge is 0.468 e. The lowest BCUT2D eigenvalue weighted by atomic mass is 10.2. The van der Waals surface area contributed by atoms with Crippen molar-refractivity contribution in [3.05, 3.63) is 52.9 Å². The number of ether oxygens (including phenoxy) is 1. The first-order chi connectivity index (χ1) is 7.75. The van der Waals surface area contributed by atoms with Crippen LogP contribution < -0.4 is 4.74 Å². The number of aromatic nitrogens is 2. The summed E-state index contributed by atoms with van der Waals surface area (Å²) in [6.07, 6.45) is 3.34. The van der Waals surface area contributed by atoms with E-state index in [1.165, 1.54) is 0 Å². The molecule has 0 aliphatic carbocycles. The molecule has 0 bridgehead atoms. The van der Waals surface area contributed by atoms with E-state index in [9.17, 15) is 0 Å². The average Bonchev–Trinajstić information content (AvgIpc) is 2.30. The van der Waals surface area contributed by atoms with Crippen LogP contribution in [0.4, 0.5) is 0 Å². The molecular weight excluding hydrogens is 268 g/mol. The minimum absolute atomic E-state index is 0.108. The summed E-state index contributed by atoms with van der Waals surface area (Å²) in [7, 11) is 0. The summed E-state index contributed by atoms with van der Waals surface area (Å²) in [6.45, 7) is 1.95. The van der Waals surface area contributed by atoms with E-state index >= 15 is 0 Å². The lowest BCUT2D eigenvalue weighted by Gasteiger charge is -2.12. The molecular formula is C12H11BrN2O. The van der Waals surface area contributed by atoms with Crippen LogP contribution in [0.2, 0.25) is 0 Å². The van der Waals surface area contributed by atoms with Crippen molar-refractivity contribution in [1.29, 1.82) is 0 Å². The summed E-state index contributed by atoms with van der Waals surface area (Å²) in [5, 5.41) is 0. The van der Waals surface area contributed by atoms with Gasteiger partial charge in [-0.15, -0.1) is 0 Å². The van der Waals surface area contributed by atoms with Crippen molar-refractivity contribution in [1.82, 2.24) is 9.97 Å². The van der Waals surface area contributed by atoms with Crippen molar-refractivity contribution < 1.29 is 4.74 Å². The van der Waals surface area contributed by atoms with Crippen molar-refractivity contribution in [2.24, 2.45) is 0 Å². The second kappa shape index (κ2) is 5.07. The fourth-order valence-corrected chi connectivity index (χ4v) is 1.62. The summed E-state index contributed by atoms with van der Waals surface area (Å²) in [6, 6.07) is 9.45. The highest BCUT2D eigenvalue weighted by Gasteiger charge is 2.08. The van der Waals surface area contributed by atoms with Gasteiger partial charge in [0, 0.05) is 22.9 Å². The van der Waals surface area contributed by atoms with Crippen molar-refractivity contribution in [3.8, 4) is 5.88 Å². The minimum atomic E-state index is -0.108. The number of hydrogen-bond donors (Lipinski definition) is 0. The van der Waals surface area contributed by atoms with Crippen LogP contribution in [0.15, 0.2) is 47.2 Å². The third-order valence-electron chi connectivity index (χ3n) is 2.10. The van der Waals surface area contributed by atoms with Crippen LogP contribution in [-0.2, 0) is 0 Å². The zero-order valence-electron chi connectivity index (χ0n) is 8.80. The molecule has 0 radical (unpaired) electrons. The molecule has 16 heavy (non-hydrogen) atoms. The van der Waals surface area contributed by atoms with Crippen LogP contribution in [0.5, 0.6) is 5.88 Å². The van der Waals surface area contributed by atoms with Gasteiger partial charge in [-0.2, -0.15) is 0 Å². The van der Waals surface area contributed by atoms with Gasteiger partial charge in [0.25, 0.3) is 0 Å². The van der Waals surface area contributed by atoms with Crippen molar-refractivity contribution in [2.75, 3.05) is 0 Å². The van der Waals surface area contributed by atoms with Crippen molar-refractivity contribution in [2.45, 2.75) is 13.0 Å². The highest BCUT2D eigenvalue weighted by Crippen LogP contribution is 2.20. The van der Waals surface area contributed by atoms with Gasteiger partial charge in [0.15, 0.2) is 0 Å². The summed E-state index contributed by atoms with van der Waals surface area (Å²) in [5.74, 6) is 0.590. The van der Waals surface area contributed by atoms with Crippen LogP contribution in [0.3, 0.4) is 0 Å². The Morgan fingerprint density at radius 2 is 2.06 bits per heavy atom. The molecule has 0 spiro atoms. The Balaban J connectivity index is 2.11. The van der Waals surface area contributed by atoms with E-state index in [0.29, 0.717) is 5.88 Å². The molecule has 0 aromatic carbocycles. The Bertz CT molecular complexity index is 462. The molecule has 0 aliphatic heterocycles. The van der Waals surface area contributed by atoms with Gasteiger partial charge in [0.05, 0.1) is 5.69 Å². The Hall–Kier alpha value is -1.42. The second-order valence-corrected chi connectivity index (χ2v) is 4.24. The summed E-state index contributed by atoms with van der Waals surface area (Å²) in [4.78, 5) is 8.36. The predicted molar refractivity (Wildman–Crippen MR) is 65.2 cm³/mol. The highest BCUT2D eigenvalue weighted by molar-refractivity contribution is 9.10. The van der Waals surface area contributed by atoms with Gasteiger partial charge in [-0.3, -0.25) is 4.98 Å². The summed E-state index contributed by atoms with van der Waals surface area (Å²) in [5.41, 5.74) is 0.893.